The third-order valence-electron chi connectivity index (χ3n) is 4.46. The van der Waals surface area contributed by atoms with Crippen LogP contribution in [0.4, 0.5) is 5.82 Å². The van der Waals surface area contributed by atoms with Gasteiger partial charge in [-0.3, -0.25) is 4.79 Å². The number of halogens is 1. The van der Waals surface area contributed by atoms with E-state index < -0.39 is 0 Å². The molecular formula is C20H19ClN4O2. The molecule has 0 atom stereocenters. The largest absolute Gasteiger partial charge is 0.378 e. The lowest BCUT2D eigenvalue weighted by Gasteiger charge is -2.28. The first-order valence-electron chi connectivity index (χ1n) is 8.83. The third-order valence-corrected chi connectivity index (χ3v) is 4.72. The average Bonchev–Trinajstić information content (AvgIpc) is 2.73. The predicted octanol–water partition coefficient (Wildman–Crippen LogP) is 3.05. The van der Waals surface area contributed by atoms with Gasteiger partial charge in [0.05, 0.1) is 18.7 Å². The summed E-state index contributed by atoms with van der Waals surface area (Å²) in [5.41, 5.74) is 1.72. The Labute approximate surface area is 162 Å². The molecule has 1 N–H and O–H groups in total. The molecule has 0 spiro atoms. The maximum atomic E-state index is 12.7. The Morgan fingerprint density at radius 2 is 1.81 bits per heavy atom. The minimum absolute atomic E-state index is 0.171. The van der Waals surface area contributed by atoms with E-state index in [-0.39, 0.29) is 11.7 Å². The highest BCUT2D eigenvalue weighted by atomic mass is 35.5. The number of hydrogen-bond donors (Lipinski definition) is 1. The first kappa shape index (κ1) is 17.7. The molecule has 1 saturated heterocycles. The highest BCUT2D eigenvalue weighted by Gasteiger charge is 2.19. The lowest BCUT2D eigenvalue weighted by molar-refractivity contribution is 0.0940. The monoisotopic (exact) mass is 382 g/mol. The summed E-state index contributed by atoms with van der Waals surface area (Å²) in [6, 6.07) is 15.1. The molecule has 2 aromatic carbocycles. The quantitative estimate of drug-likeness (QED) is 0.751. The van der Waals surface area contributed by atoms with Gasteiger partial charge in [-0.1, -0.05) is 35.9 Å². The molecule has 138 valence electrons. The van der Waals surface area contributed by atoms with Gasteiger partial charge in [0.15, 0.2) is 0 Å². The molecule has 2 heterocycles. The minimum atomic E-state index is -0.301. The molecule has 1 aliphatic rings. The van der Waals surface area contributed by atoms with Gasteiger partial charge in [0.25, 0.3) is 5.91 Å². The number of benzene rings is 2. The van der Waals surface area contributed by atoms with Gasteiger partial charge >= 0.3 is 0 Å². The summed E-state index contributed by atoms with van der Waals surface area (Å²) >= 11 is 5.90. The number of ether oxygens (including phenoxy) is 1. The van der Waals surface area contributed by atoms with Crippen molar-refractivity contribution in [2.45, 2.75) is 6.54 Å². The highest BCUT2D eigenvalue weighted by Crippen LogP contribution is 2.24. The number of aromatic nitrogens is 2. The van der Waals surface area contributed by atoms with Crippen molar-refractivity contribution in [1.82, 2.24) is 15.3 Å². The van der Waals surface area contributed by atoms with E-state index in [4.69, 9.17) is 16.3 Å². The fourth-order valence-electron chi connectivity index (χ4n) is 3.04. The van der Waals surface area contributed by atoms with Gasteiger partial charge in [0.1, 0.15) is 5.82 Å². The molecule has 0 aliphatic carbocycles. The van der Waals surface area contributed by atoms with Gasteiger partial charge in [0, 0.05) is 30.0 Å². The SMILES string of the molecule is O=C(NCc1ccc(Cl)cc1)c1nc(N2CCOCC2)c2ccccc2n1. The van der Waals surface area contributed by atoms with Crippen molar-refractivity contribution in [2.75, 3.05) is 31.2 Å². The van der Waals surface area contributed by atoms with E-state index >= 15 is 0 Å². The van der Waals surface area contributed by atoms with Crippen molar-refractivity contribution in [1.29, 1.82) is 0 Å². The molecule has 0 bridgehead atoms. The van der Waals surface area contributed by atoms with Gasteiger partial charge in [-0.05, 0) is 29.8 Å². The van der Waals surface area contributed by atoms with Crippen LogP contribution in [-0.2, 0) is 11.3 Å². The van der Waals surface area contributed by atoms with Crippen LogP contribution in [-0.4, -0.2) is 42.2 Å². The molecule has 1 amide bonds. The van der Waals surface area contributed by atoms with Gasteiger partial charge < -0.3 is 15.0 Å². The zero-order valence-electron chi connectivity index (χ0n) is 14.7. The Bertz CT molecular complexity index is 956. The summed E-state index contributed by atoms with van der Waals surface area (Å²) in [5, 5.41) is 4.48. The fraction of sp³-hybridized carbons (Fsp3) is 0.250. The van der Waals surface area contributed by atoms with Crippen LogP contribution < -0.4 is 10.2 Å². The van der Waals surface area contributed by atoms with Crippen molar-refractivity contribution in [3.63, 3.8) is 0 Å². The van der Waals surface area contributed by atoms with Crippen LogP contribution in [0.3, 0.4) is 0 Å². The van der Waals surface area contributed by atoms with E-state index in [1.807, 2.05) is 36.4 Å². The molecule has 1 fully saturated rings. The number of amides is 1. The normalized spacial score (nSPS) is 14.3. The number of fused-ring (bicyclic) bond motifs is 1. The van der Waals surface area contributed by atoms with Crippen molar-refractivity contribution in [3.05, 3.63) is 64.9 Å². The number of carbonyl (C=O) groups excluding carboxylic acids is 1. The molecular weight excluding hydrogens is 364 g/mol. The molecule has 4 rings (SSSR count). The highest BCUT2D eigenvalue weighted by molar-refractivity contribution is 6.30. The first-order chi connectivity index (χ1) is 13.2. The molecule has 0 saturated carbocycles. The van der Waals surface area contributed by atoms with Crippen molar-refractivity contribution in [2.24, 2.45) is 0 Å². The summed E-state index contributed by atoms with van der Waals surface area (Å²) in [5.74, 6) is 0.648. The molecule has 27 heavy (non-hydrogen) atoms. The minimum Gasteiger partial charge on any atom is -0.378 e. The molecule has 0 unspecified atom stereocenters. The van der Waals surface area contributed by atoms with Crippen LogP contribution in [0, 0.1) is 0 Å². The van der Waals surface area contributed by atoms with Gasteiger partial charge in [-0.25, -0.2) is 9.97 Å². The number of anilines is 1. The van der Waals surface area contributed by atoms with Crippen molar-refractivity contribution in [3.8, 4) is 0 Å². The summed E-state index contributed by atoms with van der Waals surface area (Å²) in [6.45, 7) is 3.17. The number of nitrogens with one attached hydrogen (secondary N) is 1. The van der Waals surface area contributed by atoms with E-state index in [1.165, 1.54) is 0 Å². The van der Waals surface area contributed by atoms with E-state index in [0.717, 1.165) is 35.4 Å². The van der Waals surface area contributed by atoms with Gasteiger partial charge in [-0.15, -0.1) is 0 Å². The molecule has 1 aliphatic heterocycles. The average molecular weight is 383 g/mol. The van der Waals surface area contributed by atoms with Crippen molar-refractivity contribution < 1.29 is 9.53 Å². The number of carbonyl (C=O) groups is 1. The van der Waals surface area contributed by atoms with Crippen molar-refractivity contribution >= 4 is 34.2 Å². The third kappa shape index (κ3) is 4.02. The van der Waals surface area contributed by atoms with Gasteiger partial charge in [0.2, 0.25) is 5.82 Å². The number of morpholine rings is 1. The summed E-state index contributed by atoms with van der Waals surface area (Å²) in [4.78, 5) is 23.8. The van der Waals surface area contributed by atoms with Crippen LogP contribution in [0.25, 0.3) is 10.9 Å². The Morgan fingerprint density at radius 3 is 2.59 bits per heavy atom. The van der Waals surface area contributed by atoms with E-state index in [0.29, 0.717) is 24.8 Å². The number of rotatable bonds is 4. The summed E-state index contributed by atoms with van der Waals surface area (Å²) < 4.78 is 5.43. The number of para-hydroxylation sites is 1. The van der Waals surface area contributed by atoms with E-state index in [1.54, 1.807) is 12.1 Å². The lowest BCUT2D eigenvalue weighted by atomic mass is 10.2. The first-order valence-corrected chi connectivity index (χ1v) is 9.20. The molecule has 7 heteroatoms. The second kappa shape index (κ2) is 7.90. The number of hydrogen-bond acceptors (Lipinski definition) is 5. The smallest absolute Gasteiger partial charge is 0.289 e. The molecule has 6 nitrogen and oxygen atoms in total. The second-order valence-corrected chi connectivity index (χ2v) is 6.73. The molecule has 1 aromatic heterocycles. The van der Waals surface area contributed by atoms with Crippen LogP contribution >= 0.6 is 11.6 Å². The Hall–Kier alpha value is -2.70. The Kier molecular flexibility index (Phi) is 5.18. The van der Waals surface area contributed by atoms with Crippen LogP contribution in [0.1, 0.15) is 16.2 Å². The maximum Gasteiger partial charge on any atom is 0.289 e. The topological polar surface area (TPSA) is 67.4 Å². The lowest BCUT2D eigenvalue weighted by Crippen LogP contribution is -2.37. The summed E-state index contributed by atoms with van der Waals surface area (Å²) in [6.07, 6.45) is 0. The fourth-order valence-corrected chi connectivity index (χ4v) is 3.17. The van der Waals surface area contributed by atoms with Gasteiger partial charge in [-0.2, -0.15) is 0 Å². The zero-order chi connectivity index (χ0) is 18.6. The van der Waals surface area contributed by atoms with E-state index in [9.17, 15) is 4.79 Å². The van der Waals surface area contributed by atoms with Crippen LogP contribution in [0.15, 0.2) is 48.5 Å². The standard InChI is InChI=1S/C20H19ClN4O2/c21-15-7-5-14(6-8-15)13-22-20(26)18-23-17-4-2-1-3-16(17)19(24-18)25-9-11-27-12-10-25/h1-8H,9-13H2,(H,22,26). The Morgan fingerprint density at radius 1 is 1.07 bits per heavy atom. The number of nitrogens with zero attached hydrogens (tertiary/aromatic N) is 3. The molecule has 3 aromatic rings. The predicted molar refractivity (Wildman–Crippen MR) is 105 cm³/mol. The van der Waals surface area contributed by atoms with Crippen LogP contribution in [0.5, 0.6) is 0 Å². The molecule has 0 radical (unpaired) electrons. The maximum absolute atomic E-state index is 12.7. The second-order valence-electron chi connectivity index (χ2n) is 6.30. The Balaban J connectivity index is 1.60. The van der Waals surface area contributed by atoms with E-state index in [2.05, 4.69) is 20.2 Å². The zero-order valence-corrected chi connectivity index (χ0v) is 15.4. The summed E-state index contributed by atoms with van der Waals surface area (Å²) in [7, 11) is 0. The van der Waals surface area contributed by atoms with Crippen LogP contribution in [0.2, 0.25) is 5.02 Å².